The Bertz CT molecular complexity index is 820. The van der Waals surface area contributed by atoms with Gasteiger partial charge in [-0.05, 0) is 49.1 Å². The first-order valence-electron chi connectivity index (χ1n) is 8.85. The number of rotatable bonds is 6. The molecule has 1 aromatic heterocycles. The highest BCUT2D eigenvalue weighted by Crippen LogP contribution is 2.25. The van der Waals surface area contributed by atoms with Crippen LogP contribution in [0.2, 0.25) is 0 Å². The summed E-state index contributed by atoms with van der Waals surface area (Å²) in [6.07, 6.45) is 2.26. The molecule has 3 nitrogen and oxygen atoms in total. The quantitative estimate of drug-likeness (QED) is 0.593. The highest BCUT2D eigenvalue weighted by molar-refractivity contribution is 5.70. The van der Waals surface area contributed by atoms with Crippen molar-refractivity contribution in [3.63, 3.8) is 0 Å². The molecule has 1 heterocycles. The fourth-order valence-electron chi connectivity index (χ4n) is 3.01. The number of pyridine rings is 1. The summed E-state index contributed by atoms with van der Waals surface area (Å²) in [5, 5.41) is 0. The number of ether oxygens (including phenoxy) is 1. The van der Waals surface area contributed by atoms with Crippen molar-refractivity contribution >= 4 is 5.97 Å². The Labute approximate surface area is 154 Å². The number of esters is 1. The minimum atomic E-state index is -0.482. The molecule has 0 saturated carbocycles. The molecule has 0 amide bonds. The van der Waals surface area contributed by atoms with Crippen molar-refractivity contribution in [2.45, 2.75) is 32.8 Å². The van der Waals surface area contributed by atoms with Crippen LogP contribution in [0.5, 0.6) is 0 Å². The first-order chi connectivity index (χ1) is 12.6. The van der Waals surface area contributed by atoms with Gasteiger partial charge in [-0.2, -0.15) is 0 Å². The maximum absolute atomic E-state index is 12.5. The lowest BCUT2D eigenvalue weighted by molar-refractivity contribution is -0.147. The van der Waals surface area contributed by atoms with Crippen LogP contribution in [0.25, 0.3) is 0 Å². The molecule has 0 aliphatic carbocycles. The molecule has 3 rings (SSSR count). The van der Waals surface area contributed by atoms with Crippen LogP contribution in [0.1, 0.15) is 40.5 Å². The maximum Gasteiger partial charge on any atom is 0.307 e. The second kappa shape index (κ2) is 8.43. The van der Waals surface area contributed by atoms with Gasteiger partial charge < -0.3 is 4.74 Å². The van der Waals surface area contributed by atoms with Gasteiger partial charge in [-0.25, -0.2) is 0 Å². The fourth-order valence-corrected chi connectivity index (χ4v) is 3.01. The number of hydrogen-bond donors (Lipinski definition) is 0. The lowest BCUT2D eigenvalue weighted by Crippen LogP contribution is -2.14. The predicted octanol–water partition coefficient (Wildman–Crippen LogP) is 4.96. The Morgan fingerprint density at radius 1 is 1.00 bits per heavy atom. The van der Waals surface area contributed by atoms with Crippen molar-refractivity contribution < 1.29 is 9.53 Å². The standard InChI is InChI=1S/C23H23NO2/c1-17-11-12-19(18(2)16-17)13-14-22(25)26-23(20-8-4-3-5-9-20)21-10-6-7-15-24-21/h3-12,15-16,23H,13-14H2,1-2H3. The van der Waals surface area contributed by atoms with E-state index in [0.29, 0.717) is 12.8 Å². The van der Waals surface area contributed by atoms with Crippen molar-refractivity contribution in [2.75, 3.05) is 0 Å². The minimum absolute atomic E-state index is 0.218. The van der Waals surface area contributed by atoms with Crippen LogP contribution < -0.4 is 0 Å². The van der Waals surface area contributed by atoms with Gasteiger partial charge >= 0.3 is 5.97 Å². The Hall–Kier alpha value is -2.94. The molecule has 0 fully saturated rings. The average molecular weight is 345 g/mol. The third-order valence-corrected chi connectivity index (χ3v) is 4.40. The third kappa shape index (κ3) is 4.57. The number of nitrogens with zero attached hydrogens (tertiary/aromatic N) is 1. The summed E-state index contributed by atoms with van der Waals surface area (Å²) in [7, 11) is 0. The molecule has 0 saturated heterocycles. The van der Waals surface area contributed by atoms with Crippen molar-refractivity contribution in [3.8, 4) is 0 Å². The molecule has 26 heavy (non-hydrogen) atoms. The molecular weight excluding hydrogens is 322 g/mol. The summed E-state index contributed by atoms with van der Waals surface area (Å²) in [5.74, 6) is -0.218. The number of carbonyl (C=O) groups is 1. The van der Waals surface area contributed by atoms with Gasteiger partial charge in [-0.1, -0.05) is 60.2 Å². The number of carbonyl (C=O) groups excluding carboxylic acids is 1. The number of aryl methyl sites for hydroxylation is 3. The number of hydrogen-bond acceptors (Lipinski definition) is 3. The van der Waals surface area contributed by atoms with Crippen LogP contribution >= 0.6 is 0 Å². The van der Waals surface area contributed by atoms with Crippen molar-refractivity contribution in [2.24, 2.45) is 0 Å². The summed E-state index contributed by atoms with van der Waals surface area (Å²) in [4.78, 5) is 16.9. The van der Waals surface area contributed by atoms with Gasteiger partial charge in [0, 0.05) is 12.6 Å². The van der Waals surface area contributed by atoms with E-state index in [4.69, 9.17) is 4.74 Å². The summed E-state index contributed by atoms with van der Waals surface area (Å²) >= 11 is 0. The van der Waals surface area contributed by atoms with Gasteiger partial charge in [-0.15, -0.1) is 0 Å². The largest absolute Gasteiger partial charge is 0.451 e. The van der Waals surface area contributed by atoms with Crippen molar-refractivity contribution in [1.82, 2.24) is 4.98 Å². The van der Waals surface area contributed by atoms with Gasteiger partial charge in [0.15, 0.2) is 6.10 Å². The van der Waals surface area contributed by atoms with E-state index >= 15 is 0 Å². The molecule has 3 aromatic rings. The SMILES string of the molecule is Cc1ccc(CCC(=O)OC(c2ccccc2)c2ccccn2)c(C)c1. The zero-order chi connectivity index (χ0) is 18.4. The van der Waals surface area contributed by atoms with E-state index in [9.17, 15) is 4.79 Å². The third-order valence-electron chi connectivity index (χ3n) is 4.40. The molecule has 2 aromatic carbocycles. The van der Waals surface area contributed by atoms with Gasteiger partial charge in [0.2, 0.25) is 0 Å². The molecule has 0 radical (unpaired) electrons. The first-order valence-corrected chi connectivity index (χ1v) is 8.85. The molecule has 0 aliphatic heterocycles. The summed E-state index contributed by atoms with van der Waals surface area (Å²) in [6, 6.07) is 21.7. The second-order valence-corrected chi connectivity index (χ2v) is 6.47. The lowest BCUT2D eigenvalue weighted by atomic mass is 10.0. The highest BCUT2D eigenvalue weighted by atomic mass is 16.5. The normalized spacial score (nSPS) is 11.8. The molecular formula is C23H23NO2. The van der Waals surface area contributed by atoms with E-state index in [1.54, 1.807) is 6.20 Å². The Balaban J connectivity index is 1.71. The fraction of sp³-hybridized carbons (Fsp3) is 0.217. The van der Waals surface area contributed by atoms with Crippen LogP contribution in [0.3, 0.4) is 0 Å². The first kappa shape index (κ1) is 17.9. The van der Waals surface area contributed by atoms with Crippen molar-refractivity contribution in [3.05, 3.63) is 101 Å². The van der Waals surface area contributed by atoms with Crippen LogP contribution in [0.4, 0.5) is 0 Å². The maximum atomic E-state index is 12.5. The number of aromatic nitrogens is 1. The van der Waals surface area contributed by atoms with E-state index in [1.165, 1.54) is 16.7 Å². The van der Waals surface area contributed by atoms with Gasteiger partial charge in [0.25, 0.3) is 0 Å². The van der Waals surface area contributed by atoms with Gasteiger partial charge in [0.1, 0.15) is 0 Å². The Morgan fingerprint density at radius 3 is 2.46 bits per heavy atom. The Morgan fingerprint density at radius 2 is 1.77 bits per heavy atom. The number of benzene rings is 2. The van der Waals surface area contributed by atoms with E-state index in [1.807, 2.05) is 48.5 Å². The highest BCUT2D eigenvalue weighted by Gasteiger charge is 2.20. The van der Waals surface area contributed by atoms with E-state index < -0.39 is 6.10 Å². The lowest BCUT2D eigenvalue weighted by Gasteiger charge is -2.18. The van der Waals surface area contributed by atoms with E-state index in [-0.39, 0.29) is 5.97 Å². The zero-order valence-corrected chi connectivity index (χ0v) is 15.2. The smallest absolute Gasteiger partial charge is 0.307 e. The molecule has 0 N–H and O–H groups in total. The zero-order valence-electron chi connectivity index (χ0n) is 15.2. The van der Waals surface area contributed by atoms with Crippen LogP contribution in [0, 0.1) is 13.8 Å². The Kier molecular flexibility index (Phi) is 5.80. The minimum Gasteiger partial charge on any atom is -0.451 e. The topological polar surface area (TPSA) is 39.2 Å². The molecule has 132 valence electrons. The monoisotopic (exact) mass is 345 g/mol. The molecule has 0 bridgehead atoms. The summed E-state index contributed by atoms with van der Waals surface area (Å²) in [5.41, 5.74) is 5.28. The van der Waals surface area contributed by atoms with Crippen LogP contribution in [0.15, 0.2) is 72.9 Å². The van der Waals surface area contributed by atoms with Gasteiger partial charge in [-0.3, -0.25) is 9.78 Å². The molecule has 0 aliphatic rings. The van der Waals surface area contributed by atoms with E-state index in [2.05, 4.69) is 37.0 Å². The molecule has 0 spiro atoms. The summed E-state index contributed by atoms with van der Waals surface area (Å²) in [6.45, 7) is 4.15. The van der Waals surface area contributed by atoms with E-state index in [0.717, 1.165) is 11.3 Å². The molecule has 1 atom stereocenters. The second-order valence-electron chi connectivity index (χ2n) is 6.47. The molecule has 1 unspecified atom stereocenters. The summed E-state index contributed by atoms with van der Waals surface area (Å²) < 4.78 is 5.81. The molecule has 3 heteroatoms. The van der Waals surface area contributed by atoms with Crippen LogP contribution in [-0.4, -0.2) is 11.0 Å². The van der Waals surface area contributed by atoms with Crippen LogP contribution in [-0.2, 0) is 16.0 Å². The van der Waals surface area contributed by atoms with Crippen molar-refractivity contribution in [1.29, 1.82) is 0 Å². The average Bonchev–Trinajstić information content (AvgIpc) is 2.67. The predicted molar refractivity (Wildman–Crippen MR) is 103 cm³/mol. The van der Waals surface area contributed by atoms with Gasteiger partial charge in [0.05, 0.1) is 5.69 Å².